The molecule has 1 saturated heterocycles. The SMILES string of the molecule is CC12CCC3C(CCC4=CC(=O)NCCC43C)C1CCC(=O)N2. The highest BCUT2D eigenvalue weighted by molar-refractivity contribution is 5.88. The Balaban J connectivity index is 1.67. The van der Waals surface area contributed by atoms with E-state index >= 15 is 0 Å². The molecular weight excluding hydrogens is 288 g/mol. The molecule has 126 valence electrons. The lowest BCUT2D eigenvalue weighted by atomic mass is 9.48. The van der Waals surface area contributed by atoms with Gasteiger partial charge in [0.15, 0.2) is 0 Å². The van der Waals surface area contributed by atoms with E-state index in [-0.39, 0.29) is 22.8 Å². The van der Waals surface area contributed by atoms with Gasteiger partial charge in [0.1, 0.15) is 0 Å². The number of hydrogen-bond donors (Lipinski definition) is 2. The fraction of sp³-hybridized carbons (Fsp3) is 0.789. The lowest BCUT2D eigenvalue weighted by Crippen LogP contribution is -2.62. The summed E-state index contributed by atoms with van der Waals surface area (Å²) in [6.07, 6.45) is 9.13. The average molecular weight is 316 g/mol. The van der Waals surface area contributed by atoms with Crippen molar-refractivity contribution in [3.63, 3.8) is 0 Å². The molecule has 5 atom stereocenters. The van der Waals surface area contributed by atoms with Gasteiger partial charge >= 0.3 is 0 Å². The average Bonchev–Trinajstić information content (AvgIpc) is 2.63. The van der Waals surface area contributed by atoms with Crippen LogP contribution in [0.2, 0.25) is 0 Å². The largest absolute Gasteiger partial charge is 0.353 e. The van der Waals surface area contributed by atoms with Gasteiger partial charge in [0.2, 0.25) is 11.8 Å². The quantitative estimate of drug-likeness (QED) is 0.721. The zero-order chi connectivity index (χ0) is 16.2. The third-order valence-electron chi connectivity index (χ3n) is 7.48. The van der Waals surface area contributed by atoms with Crippen LogP contribution >= 0.6 is 0 Å². The normalized spacial score (nSPS) is 46.3. The van der Waals surface area contributed by atoms with Crippen molar-refractivity contribution in [2.24, 2.45) is 23.2 Å². The summed E-state index contributed by atoms with van der Waals surface area (Å²) >= 11 is 0. The third kappa shape index (κ3) is 2.25. The van der Waals surface area contributed by atoms with Crippen molar-refractivity contribution >= 4 is 11.8 Å². The molecule has 2 saturated carbocycles. The van der Waals surface area contributed by atoms with E-state index in [0.717, 1.165) is 32.2 Å². The molecule has 4 rings (SSSR count). The molecule has 4 aliphatic rings. The Morgan fingerprint density at radius 3 is 2.70 bits per heavy atom. The Bertz CT molecular complexity index is 584. The van der Waals surface area contributed by atoms with Crippen LogP contribution in [0, 0.1) is 23.2 Å². The predicted octanol–water partition coefficient (Wildman–Crippen LogP) is 2.54. The molecule has 0 aromatic carbocycles. The minimum atomic E-state index is -0.00707. The molecule has 2 heterocycles. The zero-order valence-corrected chi connectivity index (χ0v) is 14.3. The second kappa shape index (κ2) is 5.09. The van der Waals surface area contributed by atoms with Crippen LogP contribution in [0.3, 0.4) is 0 Å². The van der Waals surface area contributed by atoms with Crippen LogP contribution < -0.4 is 10.6 Å². The Morgan fingerprint density at radius 1 is 1.04 bits per heavy atom. The number of piperidine rings is 1. The Morgan fingerprint density at radius 2 is 1.87 bits per heavy atom. The summed E-state index contributed by atoms with van der Waals surface area (Å²) in [6.45, 7) is 5.44. The van der Waals surface area contributed by atoms with E-state index in [1.807, 2.05) is 6.08 Å². The summed E-state index contributed by atoms with van der Waals surface area (Å²) < 4.78 is 0. The molecule has 4 heteroatoms. The van der Waals surface area contributed by atoms with Crippen LogP contribution in [-0.4, -0.2) is 23.9 Å². The Kier molecular flexibility index (Phi) is 3.37. The molecule has 0 aromatic rings. The number of carbonyl (C=O) groups excluding carboxylic acids is 2. The van der Waals surface area contributed by atoms with E-state index in [0.29, 0.717) is 24.2 Å². The number of rotatable bonds is 0. The summed E-state index contributed by atoms with van der Waals surface area (Å²) in [5.41, 5.74) is 1.52. The number of carbonyl (C=O) groups is 2. The summed E-state index contributed by atoms with van der Waals surface area (Å²) in [6, 6.07) is 0. The molecule has 2 N–H and O–H groups in total. The van der Waals surface area contributed by atoms with Crippen molar-refractivity contribution in [3.8, 4) is 0 Å². The highest BCUT2D eigenvalue weighted by atomic mass is 16.2. The first-order valence-electron chi connectivity index (χ1n) is 9.22. The van der Waals surface area contributed by atoms with E-state index in [9.17, 15) is 9.59 Å². The van der Waals surface area contributed by atoms with Crippen LogP contribution in [0.5, 0.6) is 0 Å². The van der Waals surface area contributed by atoms with Gasteiger partial charge in [-0.2, -0.15) is 0 Å². The molecule has 2 amide bonds. The molecular formula is C19H28N2O2. The van der Waals surface area contributed by atoms with Gasteiger partial charge in [-0.05, 0) is 68.6 Å². The molecule has 2 aliphatic carbocycles. The highest BCUT2D eigenvalue weighted by Crippen LogP contribution is 2.59. The molecule has 2 aliphatic heterocycles. The Hall–Kier alpha value is -1.32. The van der Waals surface area contributed by atoms with Crippen LogP contribution in [-0.2, 0) is 9.59 Å². The van der Waals surface area contributed by atoms with Gasteiger partial charge in [0.25, 0.3) is 0 Å². The first-order valence-corrected chi connectivity index (χ1v) is 9.22. The molecule has 0 radical (unpaired) electrons. The smallest absolute Gasteiger partial charge is 0.243 e. The van der Waals surface area contributed by atoms with Crippen molar-refractivity contribution in [1.82, 2.24) is 10.6 Å². The van der Waals surface area contributed by atoms with Gasteiger partial charge in [-0.25, -0.2) is 0 Å². The van der Waals surface area contributed by atoms with Gasteiger partial charge in [-0.15, -0.1) is 0 Å². The number of allylic oxidation sites excluding steroid dienone is 1. The van der Waals surface area contributed by atoms with Gasteiger partial charge in [-0.1, -0.05) is 12.5 Å². The van der Waals surface area contributed by atoms with Gasteiger partial charge < -0.3 is 10.6 Å². The molecule has 5 unspecified atom stereocenters. The van der Waals surface area contributed by atoms with E-state index in [1.54, 1.807) is 0 Å². The molecule has 0 aromatic heterocycles. The first kappa shape index (κ1) is 15.2. The van der Waals surface area contributed by atoms with Gasteiger partial charge in [-0.3, -0.25) is 9.59 Å². The topological polar surface area (TPSA) is 58.2 Å². The maximum Gasteiger partial charge on any atom is 0.243 e. The standard InChI is InChI=1S/C19H28N2O2/c1-18-9-10-20-17(23)11-12(18)3-4-13-14(18)7-8-19(2)15(13)5-6-16(22)21-19/h11,13-15H,3-10H2,1-2H3,(H,20,23)(H,21,22). The van der Waals surface area contributed by atoms with Crippen molar-refractivity contribution in [2.45, 2.75) is 64.3 Å². The van der Waals surface area contributed by atoms with Crippen molar-refractivity contribution in [2.75, 3.05) is 6.54 Å². The van der Waals surface area contributed by atoms with E-state index in [1.165, 1.54) is 18.4 Å². The summed E-state index contributed by atoms with van der Waals surface area (Å²) in [5, 5.41) is 6.33. The van der Waals surface area contributed by atoms with Gasteiger partial charge in [0.05, 0.1) is 0 Å². The fourth-order valence-electron chi connectivity index (χ4n) is 6.24. The van der Waals surface area contributed by atoms with Crippen molar-refractivity contribution in [3.05, 3.63) is 11.6 Å². The predicted molar refractivity (Wildman–Crippen MR) is 88.5 cm³/mol. The second-order valence-electron chi connectivity index (χ2n) is 8.59. The number of fused-ring (bicyclic) bond motifs is 5. The number of amides is 2. The minimum absolute atomic E-state index is 0.00707. The number of nitrogens with one attached hydrogen (secondary N) is 2. The molecule has 4 nitrogen and oxygen atoms in total. The van der Waals surface area contributed by atoms with Crippen molar-refractivity contribution < 1.29 is 9.59 Å². The van der Waals surface area contributed by atoms with Crippen LogP contribution in [0.15, 0.2) is 11.6 Å². The highest BCUT2D eigenvalue weighted by Gasteiger charge is 2.55. The maximum absolute atomic E-state index is 11.9. The molecule has 0 bridgehead atoms. The zero-order valence-electron chi connectivity index (χ0n) is 14.3. The van der Waals surface area contributed by atoms with E-state index in [4.69, 9.17) is 0 Å². The summed E-state index contributed by atoms with van der Waals surface area (Å²) in [4.78, 5) is 23.8. The summed E-state index contributed by atoms with van der Waals surface area (Å²) in [5.74, 6) is 2.26. The lowest BCUT2D eigenvalue weighted by Gasteiger charge is -2.59. The summed E-state index contributed by atoms with van der Waals surface area (Å²) in [7, 11) is 0. The van der Waals surface area contributed by atoms with Gasteiger partial charge in [0, 0.05) is 24.6 Å². The van der Waals surface area contributed by atoms with Crippen LogP contribution in [0.25, 0.3) is 0 Å². The molecule has 23 heavy (non-hydrogen) atoms. The first-order chi connectivity index (χ1) is 10.9. The van der Waals surface area contributed by atoms with E-state index in [2.05, 4.69) is 24.5 Å². The number of hydrogen-bond acceptors (Lipinski definition) is 2. The van der Waals surface area contributed by atoms with E-state index < -0.39 is 0 Å². The lowest BCUT2D eigenvalue weighted by molar-refractivity contribution is -0.131. The third-order valence-corrected chi connectivity index (χ3v) is 7.48. The maximum atomic E-state index is 11.9. The molecule has 3 fully saturated rings. The second-order valence-corrected chi connectivity index (χ2v) is 8.59. The Labute approximate surface area is 138 Å². The van der Waals surface area contributed by atoms with Crippen LogP contribution in [0.4, 0.5) is 0 Å². The monoisotopic (exact) mass is 316 g/mol. The van der Waals surface area contributed by atoms with Crippen LogP contribution in [0.1, 0.15) is 58.8 Å². The minimum Gasteiger partial charge on any atom is -0.353 e. The molecule has 0 spiro atoms. The van der Waals surface area contributed by atoms with Crippen molar-refractivity contribution in [1.29, 1.82) is 0 Å². The fourth-order valence-corrected chi connectivity index (χ4v) is 6.24.